The largest absolute Gasteiger partial charge is 0.359 e. The number of aryl methyl sites for hydroxylation is 1. The zero-order valence-electron chi connectivity index (χ0n) is 13.7. The first kappa shape index (κ1) is 16.3. The third-order valence-corrected chi connectivity index (χ3v) is 4.75. The van der Waals surface area contributed by atoms with Crippen molar-refractivity contribution in [2.75, 3.05) is 18.4 Å². The van der Waals surface area contributed by atoms with E-state index >= 15 is 0 Å². The first-order valence-electron chi connectivity index (χ1n) is 7.94. The van der Waals surface area contributed by atoms with Crippen molar-refractivity contribution in [3.8, 4) is 0 Å². The maximum Gasteiger partial charge on any atom is 0.202 e. The Hall–Kier alpha value is -1.54. The van der Waals surface area contributed by atoms with Crippen molar-refractivity contribution in [3.05, 3.63) is 23.8 Å². The van der Waals surface area contributed by atoms with E-state index in [0.29, 0.717) is 25.4 Å². The Kier molecular flexibility index (Phi) is 4.91. The summed E-state index contributed by atoms with van der Waals surface area (Å²) in [5, 5.41) is 8.32. The lowest BCUT2D eigenvalue weighted by Crippen LogP contribution is -2.34. The van der Waals surface area contributed by atoms with E-state index < -0.39 is 6.17 Å². The van der Waals surface area contributed by atoms with Crippen molar-refractivity contribution >= 4 is 16.7 Å². The van der Waals surface area contributed by atoms with Crippen LogP contribution in [-0.4, -0.2) is 49.3 Å². The Morgan fingerprint density at radius 1 is 1.48 bits per heavy atom. The molecule has 0 saturated carbocycles. The van der Waals surface area contributed by atoms with Crippen molar-refractivity contribution in [1.82, 2.24) is 24.0 Å². The maximum atomic E-state index is 13.9. The van der Waals surface area contributed by atoms with Crippen LogP contribution in [0.25, 0.3) is 0 Å². The fourth-order valence-electron chi connectivity index (χ4n) is 2.86. The number of hydrogen-bond donors (Lipinski definition) is 1. The van der Waals surface area contributed by atoms with E-state index in [1.54, 1.807) is 4.68 Å². The fraction of sp³-hybridized carbons (Fsp3) is 0.667. The van der Waals surface area contributed by atoms with Gasteiger partial charge >= 0.3 is 0 Å². The molecule has 1 aliphatic rings. The molecule has 0 spiro atoms. The molecule has 1 fully saturated rings. The molecular formula is C15H23FN6S. The van der Waals surface area contributed by atoms with Gasteiger partial charge in [0.25, 0.3) is 0 Å². The number of rotatable bonds is 6. The monoisotopic (exact) mass is 338 g/mol. The summed E-state index contributed by atoms with van der Waals surface area (Å²) >= 11 is 1.37. The lowest BCUT2D eigenvalue weighted by Gasteiger charge is -2.23. The predicted octanol–water partition coefficient (Wildman–Crippen LogP) is 2.42. The van der Waals surface area contributed by atoms with Gasteiger partial charge in [0.15, 0.2) is 0 Å². The molecule has 23 heavy (non-hydrogen) atoms. The average Bonchev–Trinajstić information content (AvgIpc) is 3.18. The molecule has 1 aliphatic heterocycles. The Morgan fingerprint density at radius 3 is 2.96 bits per heavy atom. The second-order valence-corrected chi connectivity index (χ2v) is 7.18. The molecule has 1 saturated heterocycles. The van der Waals surface area contributed by atoms with Crippen molar-refractivity contribution < 1.29 is 4.39 Å². The molecule has 2 aromatic heterocycles. The SMILES string of the molecule is CC(C)c1nsc(NC[C@@H]2C[C@H](F)CN2Cc2cnn(C)c2)n1. The van der Waals surface area contributed by atoms with Crippen LogP contribution in [0.5, 0.6) is 0 Å². The molecule has 0 aliphatic carbocycles. The summed E-state index contributed by atoms with van der Waals surface area (Å²) < 4.78 is 20.0. The number of likely N-dealkylation sites (tertiary alicyclic amines) is 1. The molecular weight excluding hydrogens is 315 g/mol. The van der Waals surface area contributed by atoms with Gasteiger partial charge in [-0.25, -0.2) is 9.37 Å². The number of alkyl halides is 1. The third-order valence-electron chi connectivity index (χ3n) is 4.07. The molecule has 6 nitrogen and oxygen atoms in total. The molecule has 2 atom stereocenters. The van der Waals surface area contributed by atoms with Crippen LogP contribution < -0.4 is 5.32 Å². The zero-order valence-corrected chi connectivity index (χ0v) is 14.6. The molecule has 2 aromatic rings. The average molecular weight is 338 g/mol. The van der Waals surface area contributed by atoms with Crippen molar-refractivity contribution in [1.29, 1.82) is 0 Å². The second-order valence-electron chi connectivity index (χ2n) is 6.43. The molecule has 0 aromatic carbocycles. The molecule has 126 valence electrons. The first-order chi connectivity index (χ1) is 11.0. The highest BCUT2D eigenvalue weighted by atomic mass is 32.1. The first-order valence-corrected chi connectivity index (χ1v) is 8.71. The van der Waals surface area contributed by atoms with Crippen molar-refractivity contribution in [3.63, 3.8) is 0 Å². The summed E-state index contributed by atoms with van der Waals surface area (Å²) in [5.41, 5.74) is 1.12. The van der Waals surface area contributed by atoms with Gasteiger partial charge in [-0.1, -0.05) is 13.8 Å². The van der Waals surface area contributed by atoms with E-state index in [0.717, 1.165) is 23.1 Å². The van der Waals surface area contributed by atoms with Crippen molar-refractivity contribution in [2.45, 2.75) is 44.9 Å². The van der Waals surface area contributed by atoms with Gasteiger partial charge in [0.05, 0.1) is 6.20 Å². The van der Waals surface area contributed by atoms with Crippen LogP contribution in [0, 0.1) is 0 Å². The maximum absolute atomic E-state index is 13.9. The van der Waals surface area contributed by atoms with Gasteiger partial charge in [-0.05, 0) is 6.42 Å². The zero-order chi connectivity index (χ0) is 16.4. The minimum absolute atomic E-state index is 0.164. The standard InChI is InChI=1S/C15H23FN6S/c1-10(2)14-19-15(23-20-14)17-6-13-4-12(16)9-22(13)8-11-5-18-21(3)7-11/h5,7,10,12-13H,4,6,8-9H2,1-3H3,(H,17,19,20)/t12-,13-/m0/s1. The van der Waals surface area contributed by atoms with Crippen LogP contribution in [0.15, 0.2) is 12.4 Å². The molecule has 1 N–H and O–H groups in total. The number of anilines is 1. The molecule has 0 bridgehead atoms. The highest BCUT2D eigenvalue weighted by Gasteiger charge is 2.32. The molecule has 0 amide bonds. The van der Waals surface area contributed by atoms with Crippen LogP contribution in [0.1, 0.15) is 37.6 Å². The number of aromatic nitrogens is 4. The third kappa shape index (κ3) is 4.06. The Morgan fingerprint density at radius 2 is 2.30 bits per heavy atom. The van der Waals surface area contributed by atoms with Gasteiger partial charge in [-0.3, -0.25) is 9.58 Å². The highest BCUT2D eigenvalue weighted by Crippen LogP contribution is 2.24. The fourth-order valence-corrected chi connectivity index (χ4v) is 3.58. The molecule has 8 heteroatoms. The predicted molar refractivity (Wildman–Crippen MR) is 89.4 cm³/mol. The van der Waals surface area contributed by atoms with Gasteiger partial charge in [0.1, 0.15) is 12.0 Å². The van der Waals surface area contributed by atoms with E-state index in [-0.39, 0.29) is 6.04 Å². The lowest BCUT2D eigenvalue weighted by molar-refractivity contribution is 0.241. The molecule has 3 rings (SSSR count). The van der Waals surface area contributed by atoms with Gasteiger partial charge < -0.3 is 5.32 Å². The van der Waals surface area contributed by atoms with Crippen molar-refractivity contribution in [2.24, 2.45) is 7.05 Å². The minimum Gasteiger partial charge on any atom is -0.359 e. The molecule has 0 unspecified atom stereocenters. The van der Waals surface area contributed by atoms with Crippen LogP contribution in [-0.2, 0) is 13.6 Å². The normalized spacial score (nSPS) is 22.1. The minimum atomic E-state index is -0.765. The van der Waals surface area contributed by atoms with Gasteiger partial charge in [-0.2, -0.15) is 9.47 Å². The number of nitrogens with zero attached hydrogens (tertiary/aromatic N) is 5. The van der Waals surface area contributed by atoms with Crippen LogP contribution in [0.2, 0.25) is 0 Å². The molecule has 3 heterocycles. The summed E-state index contributed by atoms with van der Waals surface area (Å²) in [4.78, 5) is 6.65. The van der Waals surface area contributed by atoms with E-state index in [1.807, 2.05) is 19.4 Å². The Balaban J connectivity index is 1.58. The lowest BCUT2D eigenvalue weighted by atomic mass is 10.2. The summed E-state index contributed by atoms with van der Waals surface area (Å²) in [6.45, 7) is 6.05. The quantitative estimate of drug-likeness (QED) is 0.876. The van der Waals surface area contributed by atoms with E-state index in [4.69, 9.17) is 0 Å². The highest BCUT2D eigenvalue weighted by molar-refractivity contribution is 7.09. The topological polar surface area (TPSA) is 58.9 Å². The smallest absolute Gasteiger partial charge is 0.202 e. The van der Waals surface area contributed by atoms with Crippen LogP contribution in [0.3, 0.4) is 0 Å². The van der Waals surface area contributed by atoms with E-state index in [9.17, 15) is 4.39 Å². The summed E-state index contributed by atoms with van der Waals surface area (Å²) in [6, 6.07) is 0.164. The Bertz CT molecular complexity index is 639. The van der Waals surface area contributed by atoms with Gasteiger partial charge in [0.2, 0.25) is 5.13 Å². The number of hydrogen-bond acceptors (Lipinski definition) is 6. The van der Waals surface area contributed by atoms with Gasteiger partial charge in [0, 0.05) is 61.9 Å². The van der Waals surface area contributed by atoms with Gasteiger partial charge in [-0.15, -0.1) is 0 Å². The molecule has 0 radical (unpaired) electrons. The summed E-state index contributed by atoms with van der Waals surface area (Å²) in [5.74, 6) is 1.19. The summed E-state index contributed by atoms with van der Waals surface area (Å²) in [6.07, 6.45) is 3.62. The van der Waals surface area contributed by atoms with E-state index in [2.05, 4.69) is 38.5 Å². The number of nitrogens with one attached hydrogen (secondary N) is 1. The summed E-state index contributed by atoms with van der Waals surface area (Å²) in [7, 11) is 1.90. The number of halogens is 1. The second kappa shape index (κ2) is 6.92. The van der Waals surface area contributed by atoms with Crippen LogP contribution in [0.4, 0.5) is 9.52 Å². The van der Waals surface area contributed by atoms with Crippen LogP contribution >= 0.6 is 11.5 Å². The Labute approximate surface area is 139 Å². The van der Waals surface area contributed by atoms with E-state index in [1.165, 1.54) is 11.5 Å².